The minimum atomic E-state index is 0.0843. The Morgan fingerprint density at radius 3 is 2.56 bits per heavy atom. The maximum absolute atomic E-state index is 12.3. The van der Waals surface area contributed by atoms with Gasteiger partial charge in [-0.05, 0) is 37.0 Å². The van der Waals surface area contributed by atoms with Gasteiger partial charge in [-0.15, -0.1) is 0 Å². The summed E-state index contributed by atoms with van der Waals surface area (Å²) in [4.78, 5) is 14.3. The fourth-order valence-corrected chi connectivity index (χ4v) is 2.82. The molecule has 0 N–H and O–H groups in total. The largest absolute Gasteiger partial charge is 0.335 e. The number of carbonyl (C=O) groups is 1. The normalized spacial score (nSPS) is 20.2. The Morgan fingerprint density at radius 1 is 1.28 bits per heavy atom. The van der Waals surface area contributed by atoms with E-state index in [4.69, 9.17) is 0 Å². The molecule has 1 saturated heterocycles. The average Bonchev–Trinajstić information content (AvgIpc) is 2.39. The van der Waals surface area contributed by atoms with Crippen LogP contribution in [-0.2, 0) is 4.79 Å². The SMILES string of the molecule is CC(C)C(=O)N1CCCCC1c1ccc(Br)cc1. The smallest absolute Gasteiger partial charge is 0.225 e. The van der Waals surface area contributed by atoms with Crippen LogP contribution in [0.1, 0.15) is 44.7 Å². The predicted octanol–water partition coefficient (Wildman–Crippen LogP) is 4.16. The molecule has 1 heterocycles. The van der Waals surface area contributed by atoms with E-state index in [1.54, 1.807) is 0 Å². The van der Waals surface area contributed by atoms with Crippen molar-refractivity contribution in [1.82, 2.24) is 4.90 Å². The van der Waals surface area contributed by atoms with Gasteiger partial charge >= 0.3 is 0 Å². The number of amides is 1. The van der Waals surface area contributed by atoms with E-state index in [1.807, 2.05) is 13.8 Å². The van der Waals surface area contributed by atoms with Gasteiger partial charge in [-0.1, -0.05) is 41.9 Å². The molecule has 0 aromatic heterocycles. The van der Waals surface area contributed by atoms with Crippen molar-refractivity contribution in [3.05, 3.63) is 34.3 Å². The predicted molar refractivity (Wildman–Crippen MR) is 77.3 cm³/mol. The third kappa shape index (κ3) is 2.94. The third-order valence-electron chi connectivity index (χ3n) is 3.53. The molecule has 1 aliphatic heterocycles. The Kier molecular flexibility index (Phi) is 4.44. The number of benzene rings is 1. The zero-order chi connectivity index (χ0) is 13.1. The van der Waals surface area contributed by atoms with Crippen LogP contribution >= 0.6 is 15.9 Å². The summed E-state index contributed by atoms with van der Waals surface area (Å²) in [6.07, 6.45) is 3.42. The van der Waals surface area contributed by atoms with Crippen molar-refractivity contribution in [2.75, 3.05) is 6.54 Å². The molecule has 0 saturated carbocycles. The van der Waals surface area contributed by atoms with Crippen molar-refractivity contribution >= 4 is 21.8 Å². The summed E-state index contributed by atoms with van der Waals surface area (Å²) in [7, 11) is 0. The van der Waals surface area contributed by atoms with Gasteiger partial charge in [0.05, 0.1) is 6.04 Å². The average molecular weight is 310 g/mol. The van der Waals surface area contributed by atoms with Crippen molar-refractivity contribution in [3.8, 4) is 0 Å². The van der Waals surface area contributed by atoms with Crippen LogP contribution in [0.15, 0.2) is 28.7 Å². The fourth-order valence-electron chi connectivity index (χ4n) is 2.56. The standard InChI is InChI=1S/C15H20BrNO/c1-11(2)15(18)17-10-4-3-5-14(17)12-6-8-13(16)9-7-12/h6-9,11,14H,3-5,10H2,1-2H3. The van der Waals surface area contributed by atoms with Gasteiger partial charge < -0.3 is 4.90 Å². The second-order valence-corrected chi connectivity index (χ2v) is 6.17. The van der Waals surface area contributed by atoms with Gasteiger partial charge in [0.15, 0.2) is 0 Å². The number of likely N-dealkylation sites (tertiary alicyclic amines) is 1. The maximum Gasteiger partial charge on any atom is 0.225 e. The van der Waals surface area contributed by atoms with Crippen LogP contribution in [0.2, 0.25) is 0 Å². The summed E-state index contributed by atoms with van der Waals surface area (Å²) < 4.78 is 1.09. The molecule has 1 aromatic carbocycles. The minimum absolute atomic E-state index is 0.0843. The molecule has 1 aliphatic rings. The molecule has 2 nitrogen and oxygen atoms in total. The van der Waals surface area contributed by atoms with Crippen molar-refractivity contribution in [3.63, 3.8) is 0 Å². The van der Waals surface area contributed by atoms with E-state index in [0.717, 1.165) is 23.9 Å². The summed E-state index contributed by atoms with van der Waals surface area (Å²) in [5, 5.41) is 0. The molecule has 18 heavy (non-hydrogen) atoms. The van der Waals surface area contributed by atoms with E-state index in [1.165, 1.54) is 12.0 Å². The first-order valence-corrected chi connectivity index (χ1v) is 7.45. The fraction of sp³-hybridized carbons (Fsp3) is 0.533. The Morgan fingerprint density at radius 2 is 1.94 bits per heavy atom. The molecule has 0 radical (unpaired) electrons. The Balaban J connectivity index is 2.22. The van der Waals surface area contributed by atoms with E-state index in [9.17, 15) is 4.79 Å². The van der Waals surface area contributed by atoms with E-state index in [2.05, 4.69) is 45.1 Å². The van der Waals surface area contributed by atoms with E-state index < -0.39 is 0 Å². The quantitative estimate of drug-likeness (QED) is 0.803. The Bertz CT molecular complexity index is 413. The monoisotopic (exact) mass is 309 g/mol. The molecule has 0 bridgehead atoms. The van der Waals surface area contributed by atoms with Crippen molar-refractivity contribution in [2.24, 2.45) is 5.92 Å². The van der Waals surface area contributed by atoms with Crippen molar-refractivity contribution in [1.29, 1.82) is 0 Å². The first-order chi connectivity index (χ1) is 8.59. The second-order valence-electron chi connectivity index (χ2n) is 5.25. The first-order valence-electron chi connectivity index (χ1n) is 6.65. The molecular weight excluding hydrogens is 290 g/mol. The van der Waals surface area contributed by atoms with Crippen LogP contribution in [0.4, 0.5) is 0 Å². The van der Waals surface area contributed by atoms with Crippen LogP contribution in [-0.4, -0.2) is 17.4 Å². The van der Waals surface area contributed by atoms with E-state index >= 15 is 0 Å². The number of carbonyl (C=O) groups excluding carboxylic acids is 1. The summed E-state index contributed by atoms with van der Waals surface area (Å²) in [6.45, 7) is 4.86. The molecule has 3 heteroatoms. The van der Waals surface area contributed by atoms with Crippen LogP contribution in [0, 0.1) is 5.92 Å². The lowest BCUT2D eigenvalue weighted by atomic mass is 9.94. The van der Waals surface area contributed by atoms with Gasteiger partial charge in [0.2, 0.25) is 5.91 Å². The maximum atomic E-state index is 12.3. The van der Waals surface area contributed by atoms with Crippen molar-refractivity contribution < 1.29 is 4.79 Å². The molecule has 1 aromatic rings. The summed E-state index contributed by atoms with van der Waals surface area (Å²) in [5.41, 5.74) is 1.26. The van der Waals surface area contributed by atoms with Gasteiger partial charge in [0, 0.05) is 16.9 Å². The lowest BCUT2D eigenvalue weighted by molar-refractivity contribution is -0.138. The van der Waals surface area contributed by atoms with Gasteiger partial charge in [-0.3, -0.25) is 4.79 Å². The topological polar surface area (TPSA) is 20.3 Å². The third-order valence-corrected chi connectivity index (χ3v) is 4.06. The van der Waals surface area contributed by atoms with Crippen LogP contribution in [0.3, 0.4) is 0 Å². The van der Waals surface area contributed by atoms with Crippen LogP contribution < -0.4 is 0 Å². The second kappa shape index (κ2) is 5.87. The highest BCUT2D eigenvalue weighted by Crippen LogP contribution is 2.32. The molecule has 1 unspecified atom stereocenters. The number of hydrogen-bond acceptors (Lipinski definition) is 1. The molecular formula is C15H20BrNO. The molecule has 1 amide bonds. The zero-order valence-electron chi connectivity index (χ0n) is 11.0. The molecule has 98 valence electrons. The van der Waals surface area contributed by atoms with E-state index in [0.29, 0.717) is 0 Å². The van der Waals surface area contributed by atoms with Gasteiger partial charge in [-0.2, -0.15) is 0 Å². The van der Waals surface area contributed by atoms with Gasteiger partial charge in [-0.25, -0.2) is 0 Å². The Hall–Kier alpha value is -0.830. The highest BCUT2D eigenvalue weighted by atomic mass is 79.9. The number of nitrogens with zero attached hydrogens (tertiary/aromatic N) is 1. The summed E-state index contributed by atoms with van der Waals surface area (Å²) >= 11 is 3.46. The molecule has 0 aliphatic carbocycles. The minimum Gasteiger partial charge on any atom is -0.335 e. The summed E-state index contributed by atoms with van der Waals surface area (Å²) in [5.74, 6) is 0.365. The van der Waals surface area contributed by atoms with Crippen molar-refractivity contribution in [2.45, 2.75) is 39.2 Å². The highest BCUT2D eigenvalue weighted by molar-refractivity contribution is 9.10. The molecule has 0 spiro atoms. The van der Waals surface area contributed by atoms with Crippen LogP contribution in [0.25, 0.3) is 0 Å². The number of rotatable bonds is 2. The Labute approximate surface area is 117 Å². The molecule has 1 atom stereocenters. The zero-order valence-corrected chi connectivity index (χ0v) is 12.6. The van der Waals surface area contributed by atoms with Crippen LogP contribution in [0.5, 0.6) is 0 Å². The van der Waals surface area contributed by atoms with E-state index in [-0.39, 0.29) is 17.9 Å². The number of hydrogen-bond donors (Lipinski definition) is 0. The first kappa shape index (κ1) is 13.6. The van der Waals surface area contributed by atoms with Gasteiger partial charge in [0.1, 0.15) is 0 Å². The lowest BCUT2D eigenvalue weighted by Crippen LogP contribution is -2.40. The summed E-state index contributed by atoms with van der Waals surface area (Å²) in [6, 6.07) is 8.63. The molecule has 2 rings (SSSR count). The molecule has 1 fully saturated rings. The van der Waals surface area contributed by atoms with Gasteiger partial charge in [0.25, 0.3) is 0 Å². The number of halogens is 1. The lowest BCUT2D eigenvalue weighted by Gasteiger charge is -2.37. The number of piperidine rings is 1. The highest BCUT2D eigenvalue weighted by Gasteiger charge is 2.28.